The minimum Gasteiger partial charge on any atom is -0.493 e. The number of fused-ring (bicyclic) bond motifs is 4. The van der Waals surface area contributed by atoms with Gasteiger partial charge in [-0.1, -0.05) is 29.8 Å². The maximum absolute atomic E-state index is 6.45. The molecule has 3 aromatic rings. The van der Waals surface area contributed by atoms with Crippen molar-refractivity contribution in [3.63, 3.8) is 0 Å². The van der Waals surface area contributed by atoms with Gasteiger partial charge in [-0.15, -0.1) is 0 Å². The SMILES string of the molecule is Clc1cccc2c1CNC(c1ccc3c(c1)CCO3)c1cccn1-2. The Hall–Kier alpha value is -2.23. The van der Waals surface area contributed by atoms with Gasteiger partial charge < -0.3 is 14.6 Å². The van der Waals surface area contributed by atoms with E-state index in [4.69, 9.17) is 16.3 Å². The average molecular weight is 337 g/mol. The molecule has 0 bridgehead atoms. The number of nitrogens with zero attached hydrogens (tertiary/aromatic N) is 1. The molecule has 3 nitrogen and oxygen atoms in total. The fraction of sp³-hybridized carbons (Fsp3) is 0.200. The summed E-state index contributed by atoms with van der Waals surface area (Å²) in [6, 6.07) is 17.0. The van der Waals surface area contributed by atoms with E-state index in [-0.39, 0.29) is 6.04 Å². The third-order valence-corrected chi connectivity index (χ3v) is 5.31. The van der Waals surface area contributed by atoms with Gasteiger partial charge in [0, 0.05) is 35.4 Å². The van der Waals surface area contributed by atoms with Gasteiger partial charge in [0.15, 0.2) is 0 Å². The first kappa shape index (κ1) is 14.1. The highest BCUT2D eigenvalue weighted by Crippen LogP contribution is 2.35. The van der Waals surface area contributed by atoms with E-state index in [1.165, 1.54) is 16.8 Å². The smallest absolute Gasteiger partial charge is 0.122 e. The summed E-state index contributed by atoms with van der Waals surface area (Å²) < 4.78 is 7.89. The Balaban J connectivity index is 1.64. The molecule has 3 heterocycles. The van der Waals surface area contributed by atoms with Crippen molar-refractivity contribution in [1.82, 2.24) is 9.88 Å². The lowest BCUT2D eigenvalue weighted by Gasteiger charge is -2.18. The maximum Gasteiger partial charge on any atom is 0.122 e. The van der Waals surface area contributed by atoms with Gasteiger partial charge in [0.25, 0.3) is 0 Å². The van der Waals surface area contributed by atoms with E-state index in [0.717, 1.165) is 41.6 Å². The number of halogens is 1. The second kappa shape index (κ2) is 5.40. The van der Waals surface area contributed by atoms with E-state index in [2.05, 4.69) is 52.5 Å². The number of aromatic nitrogens is 1. The minimum atomic E-state index is 0.134. The quantitative estimate of drug-likeness (QED) is 0.718. The standard InChI is InChI=1S/C20H17ClN2O/c21-16-3-1-4-17-15(16)12-22-20(18-5-2-9-23(17)18)14-6-7-19-13(11-14)8-10-24-19/h1-7,9,11,20,22H,8,10,12H2. The molecule has 2 aromatic carbocycles. The molecular weight excluding hydrogens is 320 g/mol. The van der Waals surface area contributed by atoms with Crippen LogP contribution < -0.4 is 10.1 Å². The largest absolute Gasteiger partial charge is 0.493 e. The molecule has 1 atom stereocenters. The minimum absolute atomic E-state index is 0.134. The zero-order valence-corrected chi connectivity index (χ0v) is 13.9. The van der Waals surface area contributed by atoms with Gasteiger partial charge >= 0.3 is 0 Å². The van der Waals surface area contributed by atoms with Gasteiger partial charge in [0.1, 0.15) is 5.75 Å². The molecule has 5 rings (SSSR count). The Morgan fingerprint density at radius 2 is 2.08 bits per heavy atom. The second-order valence-corrected chi connectivity index (χ2v) is 6.73. The summed E-state index contributed by atoms with van der Waals surface area (Å²) in [6.45, 7) is 1.53. The summed E-state index contributed by atoms with van der Waals surface area (Å²) in [5.74, 6) is 1.02. The van der Waals surface area contributed by atoms with Crippen LogP contribution >= 0.6 is 11.6 Å². The average Bonchev–Trinajstić information content (AvgIpc) is 3.22. The van der Waals surface area contributed by atoms with Crippen LogP contribution in [-0.4, -0.2) is 11.2 Å². The van der Waals surface area contributed by atoms with Gasteiger partial charge in [-0.05, 0) is 41.5 Å². The molecule has 0 aliphatic carbocycles. The van der Waals surface area contributed by atoms with Gasteiger partial charge in [0.2, 0.25) is 0 Å². The first-order chi connectivity index (χ1) is 11.8. The molecule has 0 saturated heterocycles. The van der Waals surface area contributed by atoms with Crippen LogP contribution in [0.3, 0.4) is 0 Å². The molecule has 0 radical (unpaired) electrons. The predicted octanol–water partition coefficient (Wildman–Crippen LogP) is 4.26. The highest BCUT2D eigenvalue weighted by atomic mass is 35.5. The highest BCUT2D eigenvalue weighted by molar-refractivity contribution is 6.31. The monoisotopic (exact) mass is 336 g/mol. The Bertz CT molecular complexity index is 931. The van der Waals surface area contributed by atoms with Crippen LogP contribution in [0.1, 0.15) is 28.4 Å². The summed E-state index contributed by atoms with van der Waals surface area (Å²) in [5, 5.41) is 4.49. The van der Waals surface area contributed by atoms with Gasteiger partial charge in [-0.3, -0.25) is 0 Å². The van der Waals surface area contributed by atoms with Crippen LogP contribution in [0.2, 0.25) is 5.02 Å². The lowest BCUT2D eigenvalue weighted by atomic mass is 10.00. The summed E-state index contributed by atoms with van der Waals surface area (Å²) in [5.41, 5.74) is 6.09. The molecule has 1 unspecified atom stereocenters. The molecule has 2 aliphatic heterocycles. The maximum atomic E-state index is 6.45. The summed E-state index contributed by atoms with van der Waals surface area (Å²) >= 11 is 6.45. The van der Waals surface area contributed by atoms with Gasteiger partial charge in [0.05, 0.1) is 18.3 Å². The molecule has 0 fully saturated rings. The van der Waals surface area contributed by atoms with Crippen LogP contribution in [0.4, 0.5) is 0 Å². The first-order valence-corrected chi connectivity index (χ1v) is 8.63. The third-order valence-electron chi connectivity index (χ3n) is 4.96. The van der Waals surface area contributed by atoms with E-state index in [0.29, 0.717) is 0 Å². The van der Waals surface area contributed by atoms with Crippen LogP contribution in [0.5, 0.6) is 5.75 Å². The fourth-order valence-corrected chi connectivity index (χ4v) is 4.02. The zero-order valence-electron chi connectivity index (χ0n) is 13.1. The summed E-state index contributed by atoms with van der Waals surface area (Å²) in [7, 11) is 0. The molecule has 1 aromatic heterocycles. The lowest BCUT2D eigenvalue weighted by molar-refractivity contribution is 0.357. The van der Waals surface area contributed by atoms with Crippen molar-refractivity contribution in [2.45, 2.75) is 19.0 Å². The second-order valence-electron chi connectivity index (χ2n) is 6.32. The molecule has 4 heteroatoms. The van der Waals surface area contributed by atoms with Crippen molar-refractivity contribution >= 4 is 11.6 Å². The normalized spacial score (nSPS) is 18.3. The Morgan fingerprint density at radius 1 is 1.12 bits per heavy atom. The molecule has 120 valence electrons. The van der Waals surface area contributed by atoms with E-state index in [1.54, 1.807) is 0 Å². The van der Waals surface area contributed by atoms with Crippen LogP contribution in [-0.2, 0) is 13.0 Å². The number of benzene rings is 2. The van der Waals surface area contributed by atoms with E-state index >= 15 is 0 Å². The van der Waals surface area contributed by atoms with E-state index in [1.807, 2.05) is 12.1 Å². The number of ether oxygens (including phenoxy) is 1. The summed E-state index contributed by atoms with van der Waals surface area (Å²) in [4.78, 5) is 0. The van der Waals surface area contributed by atoms with Crippen molar-refractivity contribution in [3.8, 4) is 11.4 Å². The van der Waals surface area contributed by atoms with Crippen molar-refractivity contribution < 1.29 is 4.74 Å². The van der Waals surface area contributed by atoms with Gasteiger partial charge in [-0.25, -0.2) is 0 Å². The van der Waals surface area contributed by atoms with Crippen LogP contribution in [0.15, 0.2) is 54.7 Å². The molecule has 24 heavy (non-hydrogen) atoms. The Morgan fingerprint density at radius 3 is 3.04 bits per heavy atom. The molecule has 1 N–H and O–H groups in total. The van der Waals surface area contributed by atoms with E-state index < -0.39 is 0 Å². The predicted molar refractivity (Wildman–Crippen MR) is 95.1 cm³/mol. The Labute approximate surface area is 145 Å². The van der Waals surface area contributed by atoms with Crippen molar-refractivity contribution in [1.29, 1.82) is 0 Å². The van der Waals surface area contributed by atoms with E-state index in [9.17, 15) is 0 Å². The van der Waals surface area contributed by atoms with Crippen LogP contribution in [0.25, 0.3) is 5.69 Å². The van der Waals surface area contributed by atoms with Gasteiger partial charge in [-0.2, -0.15) is 0 Å². The van der Waals surface area contributed by atoms with Crippen molar-refractivity contribution in [2.24, 2.45) is 0 Å². The number of rotatable bonds is 1. The fourth-order valence-electron chi connectivity index (χ4n) is 3.78. The molecule has 0 amide bonds. The van der Waals surface area contributed by atoms with Crippen molar-refractivity contribution in [3.05, 3.63) is 82.1 Å². The third kappa shape index (κ3) is 2.09. The molecule has 2 aliphatic rings. The first-order valence-electron chi connectivity index (χ1n) is 8.25. The van der Waals surface area contributed by atoms with Crippen molar-refractivity contribution in [2.75, 3.05) is 6.61 Å². The molecular formula is C20H17ClN2O. The topological polar surface area (TPSA) is 26.2 Å². The highest BCUT2D eigenvalue weighted by Gasteiger charge is 2.25. The van der Waals surface area contributed by atoms with Crippen LogP contribution in [0, 0.1) is 0 Å². The number of nitrogens with one attached hydrogen (secondary N) is 1. The Kier molecular flexibility index (Phi) is 3.18. The molecule has 0 spiro atoms. The lowest BCUT2D eigenvalue weighted by Crippen LogP contribution is -2.21. The summed E-state index contributed by atoms with van der Waals surface area (Å²) in [6.07, 6.45) is 3.10. The molecule has 0 saturated carbocycles. The number of hydrogen-bond acceptors (Lipinski definition) is 2. The number of hydrogen-bond donors (Lipinski definition) is 1. The zero-order chi connectivity index (χ0) is 16.1.